The number of carbonyl (C=O) groups is 1. The Morgan fingerprint density at radius 3 is 2.76 bits per heavy atom. The Hall–Kier alpha value is -1.58. The lowest BCUT2D eigenvalue weighted by Gasteiger charge is -2.20. The number of anilines is 1. The number of rotatable bonds is 4. The molecule has 1 aromatic rings. The molecular formula is C14H15ClN2O3S. The number of carbonyl (C=O) groups excluding carboxylic acids is 1. The normalized spacial score (nSPS) is 18.8. The van der Waals surface area contributed by atoms with Crippen molar-refractivity contribution in [1.29, 1.82) is 5.26 Å². The maximum Gasteiger partial charge on any atom is 0.232 e. The number of halogens is 1. The maximum atomic E-state index is 12.1. The van der Waals surface area contributed by atoms with Crippen LogP contribution in [0.25, 0.3) is 0 Å². The minimum Gasteiger partial charge on any atom is -0.312 e. The highest BCUT2D eigenvalue weighted by Crippen LogP contribution is 2.30. The van der Waals surface area contributed by atoms with E-state index in [2.05, 4.69) is 6.07 Å². The Balaban J connectivity index is 2.27. The van der Waals surface area contributed by atoms with Crippen LogP contribution >= 0.6 is 10.7 Å². The van der Waals surface area contributed by atoms with Gasteiger partial charge in [0.25, 0.3) is 0 Å². The van der Waals surface area contributed by atoms with Crippen molar-refractivity contribution in [3.05, 3.63) is 29.3 Å². The molecule has 1 aromatic carbocycles. The van der Waals surface area contributed by atoms with Gasteiger partial charge in [0.1, 0.15) is 0 Å². The predicted molar refractivity (Wildman–Crippen MR) is 80.6 cm³/mol. The minimum atomic E-state index is -3.61. The summed E-state index contributed by atoms with van der Waals surface area (Å²) in [6.07, 6.45) is 0.863. The fraction of sp³-hybridized carbons (Fsp3) is 0.429. The van der Waals surface area contributed by atoms with Gasteiger partial charge in [-0.1, -0.05) is 6.92 Å². The third kappa shape index (κ3) is 3.74. The van der Waals surface area contributed by atoms with E-state index >= 15 is 0 Å². The van der Waals surface area contributed by atoms with E-state index in [9.17, 15) is 13.2 Å². The molecule has 0 aromatic heterocycles. The number of hydrogen-bond acceptors (Lipinski definition) is 4. The van der Waals surface area contributed by atoms with E-state index in [1.165, 1.54) is 0 Å². The second-order valence-electron chi connectivity index (χ2n) is 5.09. The third-order valence-corrected chi connectivity index (χ3v) is 4.77. The van der Waals surface area contributed by atoms with Crippen LogP contribution in [0.3, 0.4) is 0 Å². The fourth-order valence-corrected chi connectivity index (χ4v) is 3.93. The largest absolute Gasteiger partial charge is 0.312 e. The summed E-state index contributed by atoms with van der Waals surface area (Å²) in [6.45, 7) is 2.28. The monoisotopic (exact) mass is 326 g/mol. The van der Waals surface area contributed by atoms with Crippen molar-refractivity contribution in [3.63, 3.8) is 0 Å². The zero-order chi connectivity index (χ0) is 15.6. The van der Waals surface area contributed by atoms with Gasteiger partial charge in [-0.25, -0.2) is 8.42 Å². The molecule has 1 heterocycles. The van der Waals surface area contributed by atoms with Crippen LogP contribution in [0, 0.1) is 17.2 Å². The van der Waals surface area contributed by atoms with Crippen molar-refractivity contribution >= 4 is 31.3 Å². The molecule has 5 nitrogen and oxygen atoms in total. The molecule has 7 heteroatoms. The lowest BCUT2D eigenvalue weighted by atomic mass is 10.1. The molecule has 1 fully saturated rings. The molecule has 1 saturated heterocycles. The zero-order valence-electron chi connectivity index (χ0n) is 11.5. The van der Waals surface area contributed by atoms with E-state index < -0.39 is 9.05 Å². The van der Waals surface area contributed by atoms with Crippen molar-refractivity contribution in [3.8, 4) is 6.07 Å². The molecule has 1 atom stereocenters. The molecule has 1 aliphatic heterocycles. The molecule has 0 spiro atoms. The first-order chi connectivity index (χ1) is 9.84. The molecule has 0 saturated carbocycles. The average molecular weight is 327 g/mol. The van der Waals surface area contributed by atoms with Crippen LogP contribution in [0.5, 0.6) is 0 Å². The summed E-state index contributed by atoms with van der Waals surface area (Å²) in [5, 5.41) is 8.92. The standard InChI is InChI=1S/C14H15ClN2O3S/c1-2-12-5-10(7-16)3-4-13(12)17-8-11(6-14(17)18)9-21(15,19)20/h3-5,11H,2,6,8-9H2,1H3. The third-order valence-electron chi connectivity index (χ3n) is 3.52. The summed E-state index contributed by atoms with van der Waals surface area (Å²) in [7, 11) is 1.65. The van der Waals surface area contributed by atoms with Gasteiger partial charge in [0.05, 0.1) is 17.4 Å². The summed E-state index contributed by atoms with van der Waals surface area (Å²) in [5.41, 5.74) is 2.19. The number of benzene rings is 1. The molecule has 21 heavy (non-hydrogen) atoms. The van der Waals surface area contributed by atoms with Gasteiger partial charge in [0, 0.05) is 35.3 Å². The Labute approximate surface area is 128 Å². The summed E-state index contributed by atoms with van der Waals surface area (Å²) >= 11 is 0. The van der Waals surface area contributed by atoms with Crippen LogP contribution in [0.15, 0.2) is 18.2 Å². The molecular weight excluding hydrogens is 312 g/mol. The molecule has 2 rings (SSSR count). The number of aryl methyl sites for hydroxylation is 1. The van der Waals surface area contributed by atoms with Gasteiger partial charge in [0.2, 0.25) is 15.0 Å². The highest BCUT2D eigenvalue weighted by molar-refractivity contribution is 8.13. The Kier molecular flexibility index (Phi) is 4.55. The number of hydrogen-bond donors (Lipinski definition) is 0. The summed E-state index contributed by atoms with van der Waals surface area (Å²) < 4.78 is 22.3. The van der Waals surface area contributed by atoms with E-state index in [1.54, 1.807) is 23.1 Å². The first-order valence-electron chi connectivity index (χ1n) is 6.59. The Morgan fingerprint density at radius 2 is 2.19 bits per heavy atom. The maximum absolute atomic E-state index is 12.1. The molecule has 1 amide bonds. The number of nitrogens with zero attached hydrogens (tertiary/aromatic N) is 2. The van der Waals surface area contributed by atoms with E-state index in [1.807, 2.05) is 6.92 Å². The molecule has 0 N–H and O–H groups in total. The lowest BCUT2D eigenvalue weighted by Crippen LogP contribution is -2.26. The van der Waals surface area contributed by atoms with Gasteiger partial charge in [-0.15, -0.1) is 0 Å². The van der Waals surface area contributed by atoms with Gasteiger partial charge in [-0.3, -0.25) is 4.79 Å². The number of nitriles is 1. The van der Waals surface area contributed by atoms with Gasteiger partial charge < -0.3 is 4.90 Å². The van der Waals surface area contributed by atoms with Crippen molar-refractivity contribution in [2.75, 3.05) is 17.2 Å². The Bertz CT molecular complexity index is 709. The predicted octanol–water partition coefficient (Wildman–Crippen LogP) is 2.04. The molecule has 1 unspecified atom stereocenters. The molecule has 1 aliphatic rings. The van der Waals surface area contributed by atoms with E-state index in [0.717, 1.165) is 11.3 Å². The van der Waals surface area contributed by atoms with Crippen LogP contribution < -0.4 is 4.90 Å². The van der Waals surface area contributed by atoms with Crippen LogP contribution in [0.1, 0.15) is 24.5 Å². The van der Waals surface area contributed by atoms with Crippen molar-refractivity contribution < 1.29 is 13.2 Å². The van der Waals surface area contributed by atoms with Crippen molar-refractivity contribution in [2.45, 2.75) is 19.8 Å². The lowest BCUT2D eigenvalue weighted by molar-refractivity contribution is -0.117. The smallest absolute Gasteiger partial charge is 0.232 e. The highest BCUT2D eigenvalue weighted by Gasteiger charge is 2.33. The second-order valence-corrected chi connectivity index (χ2v) is 7.91. The Morgan fingerprint density at radius 1 is 1.48 bits per heavy atom. The zero-order valence-corrected chi connectivity index (χ0v) is 13.1. The summed E-state index contributed by atoms with van der Waals surface area (Å²) in [4.78, 5) is 13.7. The van der Waals surface area contributed by atoms with E-state index in [-0.39, 0.29) is 24.0 Å². The molecule has 0 radical (unpaired) electrons. The van der Waals surface area contributed by atoms with Gasteiger partial charge in [0.15, 0.2) is 0 Å². The van der Waals surface area contributed by atoms with Crippen LogP contribution in [0.4, 0.5) is 5.69 Å². The van der Waals surface area contributed by atoms with Crippen LogP contribution in [-0.4, -0.2) is 26.6 Å². The molecule has 0 bridgehead atoms. The highest BCUT2D eigenvalue weighted by atomic mass is 35.7. The summed E-state index contributed by atoms with van der Waals surface area (Å²) in [5.74, 6) is -0.603. The van der Waals surface area contributed by atoms with Crippen molar-refractivity contribution in [2.24, 2.45) is 5.92 Å². The van der Waals surface area contributed by atoms with Crippen LogP contribution in [-0.2, 0) is 20.3 Å². The average Bonchev–Trinajstić information content (AvgIpc) is 2.76. The first-order valence-corrected chi connectivity index (χ1v) is 9.07. The topological polar surface area (TPSA) is 78.2 Å². The molecule has 112 valence electrons. The first kappa shape index (κ1) is 15.8. The van der Waals surface area contributed by atoms with Crippen LogP contribution in [0.2, 0.25) is 0 Å². The second kappa shape index (κ2) is 6.04. The van der Waals surface area contributed by atoms with E-state index in [4.69, 9.17) is 15.9 Å². The van der Waals surface area contributed by atoms with Gasteiger partial charge >= 0.3 is 0 Å². The SMILES string of the molecule is CCc1cc(C#N)ccc1N1CC(CS(=O)(=O)Cl)CC1=O. The van der Waals surface area contributed by atoms with Gasteiger partial charge in [-0.2, -0.15) is 5.26 Å². The summed E-state index contributed by atoms with van der Waals surface area (Å²) in [6, 6.07) is 7.23. The fourth-order valence-electron chi connectivity index (χ4n) is 2.61. The van der Waals surface area contributed by atoms with Gasteiger partial charge in [-0.05, 0) is 30.2 Å². The quantitative estimate of drug-likeness (QED) is 0.793. The molecule has 0 aliphatic carbocycles. The number of amides is 1. The van der Waals surface area contributed by atoms with E-state index in [0.29, 0.717) is 18.5 Å². The van der Waals surface area contributed by atoms with Crippen molar-refractivity contribution in [1.82, 2.24) is 0 Å². The minimum absolute atomic E-state index is 0.111.